The minimum Gasteiger partial charge on any atom is -0.466 e. The Hall–Kier alpha value is -1.58. The van der Waals surface area contributed by atoms with Gasteiger partial charge in [-0.1, -0.05) is 29.8 Å². The molecule has 2 atom stereocenters. The largest absolute Gasteiger partial charge is 0.466 e. The standard InChI is InChI=1S/C17H23NO2/c1-10-6-5-7-14(8-10)15(9-18)17(19)16-11(2)12(3)20-13(16)4/h5-8,15,17,19H,9,18H2,1-4H3. The van der Waals surface area contributed by atoms with Crippen LogP contribution >= 0.6 is 0 Å². The van der Waals surface area contributed by atoms with Crippen molar-refractivity contribution in [3.8, 4) is 0 Å². The Morgan fingerprint density at radius 2 is 1.85 bits per heavy atom. The van der Waals surface area contributed by atoms with Crippen LogP contribution in [0.1, 0.15) is 45.8 Å². The Morgan fingerprint density at radius 3 is 2.35 bits per heavy atom. The molecule has 3 N–H and O–H groups in total. The van der Waals surface area contributed by atoms with E-state index in [4.69, 9.17) is 10.2 Å². The number of nitrogens with two attached hydrogens (primary N) is 1. The van der Waals surface area contributed by atoms with Crippen LogP contribution in [0.2, 0.25) is 0 Å². The molecule has 2 unspecified atom stereocenters. The molecule has 2 rings (SSSR count). The lowest BCUT2D eigenvalue weighted by Crippen LogP contribution is -2.21. The highest BCUT2D eigenvalue weighted by molar-refractivity contribution is 5.37. The van der Waals surface area contributed by atoms with Crippen LogP contribution in [-0.2, 0) is 0 Å². The average molecular weight is 273 g/mol. The van der Waals surface area contributed by atoms with E-state index >= 15 is 0 Å². The van der Waals surface area contributed by atoms with E-state index in [9.17, 15) is 5.11 Å². The second kappa shape index (κ2) is 5.81. The summed E-state index contributed by atoms with van der Waals surface area (Å²) in [5, 5.41) is 10.8. The zero-order valence-electron chi connectivity index (χ0n) is 12.6. The van der Waals surface area contributed by atoms with Gasteiger partial charge in [0.2, 0.25) is 0 Å². The minimum atomic E-state index is -0.640. The molecule has 0 spiro atoms. The third-order valence-electron chi connectivity index (χ3n) is 4.02. The topological polar surface area (TPSA) is 59.4 Å². The molecule has 0 radical (unpaired) electrons. The molecule has 1 aromatic heterocycles. The SMILES string of the molecule is Cc1cccc(C(CN)C(O)c2c(C)oc(C)c2C)c1. The smallest absolute Gasteiger partial charge is 0.107 e. The van der Waals surface area contributed by atoms with Gasteiger partial charge in [-0.3, -0.25) is 0 Å². The number of aryl methyl sites for hydroxylation is 3. The van der Waals surface area contributed by atoms with E-state index in [0.29, 0.717) is 6.54 Å². The molecule has 1 aromatic carbocycles. The summed E-state index contributed by atoms with van der Waals surface area (Å²) in [6, 6.07) is 8.14. The van der Waals surface area contributed by atoms with Crippen LogP contribution in [0.4, 0.5) is 0 Å². The number of furan rings is 1. The Labute approximate surface area is 120 Å². The molecule has 3 nitrogen and oxygen atoms in total. The first-order valence-corrected chi connectivity index (χ1v) is 6.96. The van der Waals surface area contributed by atoms with Gasteiger partial charge in [-0.15, -0.1) is 0 Å². The first-order chi connectivity index (χ1) is 9.45. The zero-order valence-corrected chi connectivity index (χ0v) is 12.6. The van der Waals surface area contributed by atoms with Crippen molar-refractivity contribution in [1.29, 1.82) is 0 Å². The molecule has 0 aliphatic carbocycles. The first-order valence-electron chi connectivity index (χ1n) is 6.96. The van der Waals surface area contributed by atoms with E-state index in [0.717, 1.165) is 28.2 Å². The van der Waals surface area contributed by atoms with Crippen LogP contribution in [0.3, 0.4) is 0 Å². The molecule has 0 amide bonds. The summed E-state index contributed by atoms with van der Waals surface area (Å²) in [5.74, 6) is 1.51. The monoisotopic (exact) mass is 273 g/mol. The van der Waals surface area contributed by atoms with Gasteiger partial charge in [0.15, 0.2) is 0 Å². The molecule has 1 heterocycles. The average Bonchev–Trinajstić information content (AvgIpc) is 2.64. The lowest BCUT2D eigenvalue weighted by Gasteiger charge is -2.23. The molecule has 0 fully saturated rings. The summed E-state index contributed by atoms with van der Waals surface area (Å²) >= 11 is 0. The molecular formula is C17H23NO2. The molecule has 3 heteroatoms. The number of hydrogen-bond donors (Lipinski definition) is 2. The lowest BCUT2D eigenvalue weighted by atomic mass is 9.87. The highest BCUT2D eigenvalue weighted by Gasteiger charge is 2.27. The fourth-order valence-electron chi connectivity index (χ4n) is 2.79. The number of aliphatic hydroxyl groups excluding tert-OH is 1. The number of aliphatic hydroxyl groups is 1. The van der Waals surface area contributed by atoms with Gasteiger partial charge in [-0.05, 0) is 38.8 Å². The van der Waals surface area contributed by atoms with Gasteiger partial charge >= 0.3 is 0 Å². The quantitative estimate of drug-likeness (QED) is 0.898. The minimum absolute atomic E-state index is 0.121. The first kappa shape index (κ1) is 14.8. The second-order valence-electron chi connectivity index (χ2n) is 5.45. The molecule has 0 saturated heterocycles. The van der Waals surface area contributed by atoms with E-state index in [1.54, 1.807) is 0 Å². The lowest BCUT2D eigenvalue weighted by molar-refractivity contribution is 0.145. The number of benzene rings is 1. The third kappa shape index (κ3) is 2.65. The van der Waals surface area contributed by atoms with Gasteiger partial charge in [0, 0.05) is 18.0 Å². The number of hydrogen-bond acceptors (Lipinski definition) is 3. The van der Waals surface area contributed by atoms with Crippen molar-refractivity contribution in [2.24, 2.45) is 5.73 Å². The van der Waals surface area contributed by atoms with Gasteiger partial charge in [0.05, 0.1) is 6.10 Å². The fourth-order valence-corrected chi connectivity index (χ4v) is 2.79. The predicted molar refractivity (Wildman–Crippen MR) is 80.9 cm³/mol. The van der Waals surface area contributed by atoms with Crippen molar-refractivity contribution in [3.63, 3.8) is 0 Å². The van der Waals surface area contributed by atoms with E-state index in [2.05, 4.69) is 6.07 Å². The van der Waals surface area contributed by atoms with E-state index in [-0.39, 0.29) is 5.92 Å². The molecular weight excluding hydrogens is 250 g/mol. The van der Waals surface area contributed by atoms with Crippen molar-refractivity contribution in [3.05, 3.63) is 58.0 Å². The Morgan fingerprint density at radius 1 is 1.15 bits per heavy atom. The van der Waals surface area contributed by atoms with E-state index in [1.807, 2.05) is 45.9 Å². The summed E-state index contributed by atoms with van der Waals surface area (Å²) in [6.07, 6.45) is -0.640. The molecule has 0 aliphatic heterocycles. The van der Waals surface area contributed by atoms with Gasteiger partial charge < -0.3 is 15.3 Å². The number of rotatable bonds is 4. The predicted octanol–water partition coefficient (Wildman–Crippen LogP) is 3.29. The molecule has 0 aliphatic rings. The molecule has 0 saturated carbocycles. The summed E-state index contributed by atoms with van der Waals surface area (Å²) in [7, 11) is 0. The Kier molecular flexibility index (Phi) is 4.31. The van der Waals surface area contributed by atoms with E-state index < -0.39 is 6.10 Å². The van der Waals surface area contributed by atoms with Crippen molar-refractivity contribution in [2.45, 2.75) is 39.7 Å². The molecule has 2 aromatic rings. The van der Waals surface area contributed by atoms with Crippen LogP contribution in [-0.4, -0.2) is 11.7 Å². The van der Waals surface area contributed by atoms with Gasteiger partial charge in [0.1, 0.15) is 11.5 Å². The third-order valence-corrected chi connectivity index (χ3v) is 4.02. The highest BCUT2D eigenvalue weighted by atomic mass is 16.3. The summed E-state index contributed by atoms with van der Waals surface area (Å²) in [6.45, 7) is 8.23. The van der Waals surface area contributed by atoms with Gasteiger partial charge in [-0.2, -0.15) is 0 Å². The molecule has 108 valence electrons. The van der Waals surface area contributed by atoms with Crippen LogP contribution in [0.25, 0.3) is 0 Å². The normalized spacial score (nSPS) is 14.3. The Bertz CT molecular complexity index is 601. The van der Waals surface area contributed by atoms with Crippen LogP contribution in [0, 0.1) is 27.7 Å². The van der Waals surface area contributed by atoms with Crippen molar-refractivity contribution in [2.75, 3.05) is 6.54 Å². The van der Waals surface area contributed by atoms with Gasteiger partial charge in [-0.25, -0.2) is 0 Å². The summed E-state index contributed by atoms with van der Waals surface area (Å²) < 4.78 is 5.62. The molecule has 0 bridgehead atoms. The summed E-state index contributed by atoms with van der Waals surface area (Å²) in [5.41, 5.74) is 10.0. The van der Waals surface area contributed by atoms with Crippen molar-refractivity contribution >= 4 is 0 Å². The van der Waals surface area contributed by atoms with Gasteiger partial charge in [0.25, 0.3) is 0 Å². The van der Waals surface area contributed by atoms with E-state index in [1.165, 1.54) is 5.56 Å². The summed E-state index contributed by atoms with van der Waals surface area (Å²) in [4.78, 5) is 0. The van der Waals surface area contributed by atoms with Crippen molar-refractivity contribution in [1.82, 2.24) is 0 Å². The zero-order chi connectivity index (χ0) is 14.9. The highest BCUT2D eigenvalue weighted by Crippen LogP contribution is 2.36. The fraction of sp³-hybridized carbons (Fsp3) is 0.412. The Balaban J connectivity index is 2.41. The maximum Gasteiger partial charge on any atom is 0.107 e. The maximum absolute atomic E-state index is 10.8. The van der Waals surface area contributed by atoms with Crippen LogP contribution in [0.15, 0.2) is 28.7 Å². The molecule has 20 heavy (non-hydrogen) atoms. The second-order valence-corrected chi connectivity index (χ2v) is 5.45. The van der Waals surface area contributed by atoms with Crippen molar-refractivity contribution < 1.29 is 9.52 Å². The maximum atomic E-state index is 10.8. The van der Waals surface area contributed by atoms with Crippen LogP contribution in [0.5, 0.6) is 0 Å². The van der Waals surface area contributed by atoms with Crippen LogP contribution < -0.4 is 5.73 Å².